The summed E-state index contributed by atoms with van der Waals surface area (Å²) in [5.74, 6) is 0.734. The van der Waals surface area contributed by atoms with Crippen LogP contribution in [0.4, 0.5) is 4.39 Å². The van der Waals surface area contributed by atoms with E-state index in [1.165, 1.54) is 32.0 Å². The van der Waals surface area contributed by atoms with Crippen molar-refractivity contribution in [2.24, 2.45) is 5.92 Å². The van der Waals surface area contributed by atoms with Gasteiger partial charge in [0, 0.05) is 6.54 Å². The third kappa shape index (κ3) is 4.79. The van der Waals surface area contributed by atoms with Crippen molar-refractivity contribution >= 4 is 13.2 Å². The van der Waals surface area contributed by atoms with Gasteiger partial charge in [0.2, 0.25) is 0 Å². The Bertz CT molecular complexity index is 652. The zero-order valence-corrected chi connectivity index (χ0v) is 17.2. The maximum atomic E-state index is 14.6. The second-order valence-corrected chi connectivity index (χ2v) is 8.69. The van der Waals surface area contributed by atoms with Gasteiger partial charge in [-0.15, -0.1) is 5.10 Å². The van der Waals surface area contributed by atoms with E-state index >= 15 is 0 Å². The molecule has 0 radical (unpaired) electrons. The average molecular weight is 378 g/mol. The molecule has 0 aromatic carbocycles. The van der Waals surface area contributed by atoms with Crippen molar-refractivity contribution in [2.75, 3.05) is 19.6 Å². The van der Waals surface area contributed by atoms with E-state index in [1.807, 2.05) is 27.7 Å². The second kappa shape index (κ2) is 8.01. The number of aromatic nitrogens is 3. The Labute approximate surface area is 162 Å². The van der Waals surface area contributed by atoms with Gasteiger partial charge < -0.3 is 14.2 Å². The number of rotatable bonds is 6. The van der Waals surface area contributed by atoms with Crippen LogP contribution in [0.1, 0.15) is 59.6 Å². The first-order valence-corrected chi connectivity index (χ1v) is 10.1. The quantitative estimate of drug-likeness (QED) is 0.711. The normalized spacial score (nSPS) is 23.9. The third-order valence-corrected chi connectivity index (χ3v) is 6.24. The van der Waals surface area contributed by atoms with Crippen LogP contribution in [0.25, 0.3) is 6.08 Å². The molecule has 0 N–H and O–H groups in total. The summed E-state index contributed by atoms with van der Waals surface area (Å²) in [5, 5.41) is 8.20. The molecule has 3 heterocycles. The summed E-state index contributed by atoms with van der Waals surface area (Å²) in [6, 6.07) is 0. The van der Waals surface area contributed by atoms with Crippen LogP contribution in [0.2, 0.25) is 0 Å². The highest BCUT2D eigenvalue weighted by Gasteiger charge is 2.53. The van der Waals surface area contributed by atoms with Gasteiger partial charge in [0.1, 0.15) is 11.4 Å². The molecule has 0 unspecified atom stereocenters. The summed E-state index contributed by atoms with van der Waals surface area (Å²) in [4.78, 5) is 2.49. The Morgan fingerprint density at radius 3 is 2.48 bits per heavy atom. The van der Waals surface area contributed by atoms with Crippen molar-refractivity contribution in [3.05, 3.63) is 17.6 Å². The smallest absolute Gasteiger partial charge is 0.398 e. The van der Waals surface area contributed by atoms with E-state index in [4.69, 9.17) is 9.31 Å². The predicted octanol–water partition coefficient (Wildman–Crippen LogP) is 3.34. The van der Waals surface area contributed by atoms with Gasteiger partial charge in [-0.05, 0) is 78.6 Å². The molecular weight excluding hydrogens is 346 g/mol. The Balaban J connectivity index is 1.53. The van der Waals surface area contributed by atoms with Gasteiger partial charge in [-0.3, -0.25) is 4.68 Å². The molecular formula is C19H32BFN4O2. The highest BCUT2D eigenvalue weighted by Crippen LogP contribution is 2.39. The van der Waals surface area contributed by atoms with Gasteiger partial charge in [-0.2, -0.15) is 0 Å². The minimum atomic E-state index is -0.996. The molecule has 2 fully saturated rings. The van der Waals surface area contributed by atoms with Crippen molar-refractivity contribution in [1.82, 2.24) is 19.9 Å². The SMILES string of the molecule is CCN1CCC(CCn2cc(C=C(F)B3OC(C)(C)C(C)(C)O3)nn2)CC1. The lowest BCUT2D eigenvalue weighted by atomic mass is 9.87. The van der Waals surface area contributed by atoms with Crippen LogP contribution in [0, 0.1) is 5.92 Å². The number of piperidine rings is 1. The number of hydrogen-bond acceptors (Lipinski definition) is 5. The highest BCUT2D eigenvalue weighted by atomic mass is 19.1. The molecule has 0 aliphatic carbocycles. The molecule has 0 amide bonds. The standard InChI is InChI=1S/C19H32BFN4O2/c1-6-24-10-7-15(8-11-24)9-12-25-14-16(22-23-25)13-17(21)20-26-18(2,3)19(4,5)27-20/h13-15H,6-12H2,1-5H3. The fourth-order valence-corrected chi connectivity index (χ4v) is 3.56. The molecule has 2 aliphatic heterocycles. The molecule has 2 saturated heterocycles. The fourth-order valence-electron chi connectivity index (χ4n) is 3.56. The first kappa shape index (κ1) is 20.5. The number of hydrogen-bond donors (Lipinski definition) is 0. The molecule has 150 valence electrons. The molecule has 27 heavy (non-hydrogen) atoms. The van der Waals surface area contributed by atoms with Crippen molar-refractivity contribution in [1.29, 1.82) is 0 Å². The van der Waals surface area contributed by atoms with E-state index in [-0.39, 0.29) is 0 Å². The van der Waals surface area contributed by atoms with Gasteiger partial charge in [0.05, 0.1) is 17.4 Å². The molecule has 0 spiro atoms. The van der Waals surface area contributed by atoms with Crippen molar-refractivity contribution in [3.8, 4) is 0 Å². The average Bonchev–Trinajstić information content (AvgIpc) is 3.15. The third-order valence-electron chi connectivity index (χ3n) is 6.24. The molecule has 0 saturated carbocycles. The van der Waals surface area contributed by atoms with E-state index in [1.54, 1.807) is 10.9 Å². The van der Waals surface area contributed by atoms with Gasteiger partial charge in [-0.1, -0.05) is 12.1 Å². The van der Waals surface area contributed by atoms with E-state index in [2.05, 4.69) is 22.1 Å². The lowest BCUT2D eigenvalue weighted by molar-refractivity contribution is 0.00578. The number of aryl methyl sites for hydroxylation is 1. The number of halogens is 1. The molecule has 0 atom stereocenters. The summed E-state index contributed by atoms with van der Waals surface area (Å²) >= 11 is 0. The van der Waals surface area contributed by atoms with E-state index < -0.39 is 24.0 Å². The van der Waals surface area contributed by atoms with Gasteiger partial charge >= 0.3 is 7.12 Å². The first-order valence-electron chi connectivity index (χ1n) is 10.1. The first-order chi connectivity index (χ1) is 12.7. The number of likely N-dealkylation sites (tertiary alicyclic amines) is 1. The van der Waals surface area contributed by atoms with Crippen molar-refractivity contribution < 1.29 is 13.7 Å². The minimum absolute atomic E-state index is 0.479. The van der Waals surface area contributed by atoms with Gasteiger partial charge in [-0.25, -0.2) is 4.39 Å². The number of nitrogens with zero attached hydrogens (tertiary/aromatic N) is 4. The lowest BCUT2D eigenvalue weighted by Crippen LogP contribution is -2.41. The maximum Gasteiger partial charge on any atom is 0.525 e. The van der Waals surface area contributed by atoms with Crippen LogP contribution in [0.5, 0.6) is 0 Å². The zero-order valence-electron chi connectivity index (χ0n) is 17.2. The summed E-state index contributed by atoms with van der Waals surface area (Å²) in [6.45, 7) is 14.2. The monoisotopic (exact) mass is 378 g/mol. The van der Waals surface area contributed by atoms with Crippen LogP contribution in [-0.4, -0.2) is 57.8 Å². The summed E-state index contributed by atoms with van der Waals surface area (Å²) in [5.41, 5.74) is -1.11. The van der Waals surface area contributed by atoms with Crippen LogP contribution in [0.3, 0.4) is 0 Å². The maximum absolute atomic E-state index is 14.6. The minimum Gasteiger partial charge on any atom is -0.398 e. The summed E-state index contributed by atoms with van der Waals surface area (Å²) in [7, 11) is -0.996. The molecule has 2 aliphatic rings. The van der Waals surface area contributed by atoms with Crippen LogP contribution < -0.4 is 0 Å². The van der Waals surface area contributed by atoms with Crippen LogP contribution in [-0.2, 0) is 15.9 Å². The summed E-state index contributed by atoms with van der Waals surface area (Å²) < 4.78 is 27.8. The Morgan fingerprint density at radius 2 is 1.89 bits per heavy atom. The summed E-state index contributed by atoms with van der Waals surface area (Å²) in [6.07, 6.45) is 6.71. The van der Waals surface area contributed by atoms with Crippen molar-refractivity contribution in [3.63, 3.8) is 0 Å². The molecule has 1 aromatic rings. The lowest BCUT2D eigenvalue weighted by Gasteiger charge is -2.32. The van der Waals surface area contributed by atoms with Gasteiger partial charge in [0.15, 0.2) is 0 Å². The molecule has 1 aromatic heterocycles. The molecule has 6 nitrogen and oxygen atoms in total. The Kier molecular flexibility index (Phi) is 6.08. The Hall–Kier alpha value is -1.25. The second-order valence-electron chi connectivity index (χ2n) is 8.69. The Morgan fingerprint density at radius 1 is 1.26 bits per heavy atom. The van der Waals surface area contributed by atoms with E-state index in [0.29, 0.717) is 5.69 Å². The van der Waals surface area contributed by atoms with Crippen LogP contribution >= 0.6 is 0 Å². The molecule has 0 bridgehead atoms. The molecule has 3 rings (SSSR count). The van der Waals surface area contributed by atoms with E-state index in [9.17, 15) is 4.39 Å². The zero-order chi connectivity index (χ0) is 19.7. The van der Waals surface area contributed by atoms with Crippen LogP contribution in [0.15, 0.2) is 11.9 Å². The predicted molar refractivity (Wildman–Crippen MR) is 105 cm³/mol. The highest BCUT2D eigenvalue weighted by molar-refractivity contribution is 6.54. The van der Waals surface area contributed by atoms with Gasteiger partial charge in [0.25, 0.3) is 0 Å². The largest absolute Gasteiger partial charge is 0.525 e. The van der Waals surface area contributed by atoms with Crippen molar-refractivity contribution in [2.45, 2.75) is 71.6 Å². The fraction of sp³-hybridized carbons (Fsp3) is 0.789. The topological polar surface area (TPSA) is 52.4 Å². The van der Waals surface area contributed by atoms with E-state index in [0.717, 1.165) is 25.4 Å². The molecule has 8 heteroatoms.